The lowest BCUT2D eigenvalue weighted by molar-refractivity contribution is -0.118. The Labute approximate surface area is 164 Å². The number of nitriles is 1. The summed E-state index contributed by atoms with van der Waals surface area (Å²) in [5.74, 6) is 0.111. The molecule has 1 aliphatic heterocycles. The van der Waals surface area contributed by atoms with Crippen LogP contribution in [0.3, 0.4) is 0 Å². The van der Waals surface area contributed by atoms with Gasteiger partial charge in [0.25, 0.3) is 5.91 Å². The van der Waals surface area contributed by atoms with Crippen LogP contribution in [0.2, 0.25) is 5.02 Å². The van der Waals surface area contributed by atoms with Gasteiger partial charge in [0, 0.05) is 24.5 Å². The van der Waals surface area contributed by atoms with E-state index >= 15 is 0 Å². The molecule has 0 atom stereocenters. The van der Waals surface area contributed by atoms with Crippen molar-refractivity contribution < 1.29 is 9.53 Å². The third-order valence-electron chi connectivity index (χ3n) is 4.54. The number of carbonyl (C=O) groups excluding carboxylic acids is 1. The number of rotatable bonds is 5. The number of carbonyl (C=O) groups is 1. The SMILES string of the molecule is N#Cc1ccc(OCC(=O)Nc2ccc(N3CCCCCC3)cc2)c(Cl)c1. The second-order valence-electron chi connectivity index (χ2n) is 6.54. The molecule has 1 amide bonds. The Morgan fingerprint density at radius 3 is 2.44 bits per heavy atom. The number of hydrogen-bond donors (Lipinski definition) is 1. The van der Waals surface area contributed by atoms with Gasteiger partial charge in [0.05, 0.1) is 16.7 Å². The highest BCUT2D eigenvalue weighted by atomic mass is 35.5. The standard InChI is InChI=1S/C21H22ClN3O2/c22-19-13-16(14-23)5-10-20(19)27-15-21(26)24-17-6-8-18(9-7-17)25-11-3-1-2-4-12-25/h5-10,13H,1-4,11-12,15H2,(H,24,26). The third kappa shape index (κ3) is 5.38. The van der Waals surface area contributed by atoms with Crippen LogP contribution < -0.4 is 15.0 Å². The lowest BCUT2D eigenvalue weighted by atomic mass is 10.2. The van der Waals surface area contributed by atoms with Crippen LogP contribution in [0.4, 0.5) is 11.4 Å². The van der Waals surface area contributed by atoms with E-state index in [9.17, 15) is 4.79 Å². The number of amides is 1. The fourth-order valence-corrected chi connectivity index (χ4v) is 3.35. The average molecular weight is 384 g/mol. The molecular formula is C21H22ClN3O2. The van der Waals surface area contributed by atoms with E-state index in [0.29, 0.717) is 16.3 Å². The van der Waals surface area contributed by atoms with Gasteiger partial charge in [-0.05, 0) is 55.3 Å². The second kappa shape index (κ2) is 9.29. The molecular weight excluding hydrogens is 362 g/mol. The Bertz CT molecular complexity index is 822. The van der Waals surface area contributed by atoms with Crippen molar-refractivity contribution in [1.82, 2.24) is 0 Å². The summed E-state index contributed by atoms with van der Waals surface area (Å²) in [6.07, 6.45) is 5.06. The maximum absolute atomic E-state index is 12.1. The maximum Gasteiger partial charge on any atom is 0.262 e. The molecule has 2 aromatic rings. The topological polar surface area (TPSA) is 65.4 Å². The first-order valence-corrected chi connectivity index (χ1v) is 9.51. The van der Waals surface area contributed by atoms with Crippen molar-refractivity contribution in [3.05, 3.63) is 53.1 Å². The number of anilines is 2. The molecule has 1 fully saturated rings. The molecule has 1 aliphatic rings. The molecule has 0 saturated carbocycles. The maximum atomic E-state index is 12.1. The number of halogens is 1. The van der Waals surface area contributed by atoms with E-state index in [0.717, 1.165) is 18.8 Å². The summed E-state index contributed by atoms with van der Waals surface area (Å²) < 4.78 is 5.44. The number of benzene rings is 2. The number of nitrogens with zero attached hydrogens (tertiary/aromatic N) is 2. The molecule has 5 nitrogen and oxygen atoms in total. The molecule has 140 valence electrons. The minimum atomic E-state index is -0.266. The molecule has 1 heterocycles. The average Bonchev–Trinajstić information content (AvgIpc) is 2.97. The van der Waals surface area contributed by atoms with Gasteiger partial charge in [0.2, 0.25) is 0 Å². The van der Waals surface area contributed by atoms with Crippen LogP contribution >= 0.6 is 11.6 Å². The van der Waals surface area contributed by atoms with E-state index in [1.165, 1.54) is 37.4 Å². The van der Waals surface area contributed by atoms with Gasteiger partial charge in [0.1, 0.15) is 5.75 Å². The number of hydrogen-bond acceptors (Lipinski definition) is 4. The van der Waals surface area contributed by atoms with Crippen molar-refractivity contribution in [1.29, 1.82) is 5.26 Å². The van der Waals surface area contributed by atoms with E-state index in [1.807, 2.05) is 30.3 Å². The highest BCUT2D eigenvalue weighted by molar-refractivity contribution is 6.32. The van der Waals surface area contributed by atoms with Crippen molar-refractivity contribution in [2.75, 3.05) is 29.9 Å². The first-order chi connectivity index (χ1) is 13.2. The van der Waals surface area contributed by atoms with Crippen LogP contribution in [0.25, 0.3) is 0 Å². The van der Waals surface area contributed by atoms with Gasteiger partial charge >= 0.3 is 0 Å². The van der Waals surface area contributed by atoms with E-state index in [-0.39, 0.29) is 12.5 Å². The molecule has 1 N–H and O–H groups in total. The van der Waals surface area contributed by atoms with Crippen LogP contribution in [-0.4, -0.2) is 25.6 Å². The largest absolute Gasteiger partial charge is 0.482 e. The van der Waals surface area contributed by atoms with Gasteiger partial charge in [0.15, 0.2) is 6.61 Å². The highest BCUT2D eigenvalue weighted by Gasteiger charge is 2.11. The van der Waals surface area contributed by atoms with Crippen molar-refractivity contribution in [2.45, 2.75) is 25.7 Å². The van der Waals surface area contributed by atoms with E-state index in [4.69, 9.17) is 21.6 Å². The fourth-order valence-electron chi connectivity index (χ4n) is 3.11. The van der Waals surface area contributed by atoms with Gasteiger partial charge in [-0.15, -0.1) is 0 Å². The summed E-state index contributed by atoms with van der Waals surface area (Å²) in [5, 5.41) is 12.0. The van der Waals surface area contributed by atoms with Gasteiger partial charge in [-0.3, -0.25) is 4.79 Å². The molecule has 0 aliphatic carbocycles. The quantitative estimate of drug-likeness (QED) is 0.818. The summed E-state index contributed by atoms with van der Waals surface area (Å²) in [6.45, 7) is 2.02. The minimum Gasteiger partial charge on any atom is -0.482 e. The zero-order valence-corrected chi connectivity index (χ0v) is 15.8. The van der Waals surface area contributed by atoms with E-state index in [2.05, 4.69) is 10.2 Å². The summed E-state index contributed by atoms with van der Waals surface area (Å²) in [7, 11) is 0. The Hall–Kier alpha value is -2.71. The van der Waals surface area contributed by atoms with Crippen molar-refractivity contribution >= 4 is 28.9 Å². The summed E-state index contributed by atoms with van der Waals surface area (Å²) >= 11 is 6.04. The monoisotopic (exact) mass is 383 g/mol. The van der Waals surface area contributed by atoms with Crippen LogP contribution in [0.5, 0.6) is 5.75 Å². The lowest BCUT2D eigenvalue weighted by Crippen LogP contribution is -2.24. The Balaban J connectivity index is 1.52. The second-order valence-corrected chi connectivity index (χ2v) is 6.95. The van der Waals surface area contributed by atoms with Crippen molar-refractivity contribution in [2.24, 2.45) is 0 Å². The molecule has 0 radical (unpaired) electrons. The molecule has 0 spiro atoms. The molecule has 1 saturated heterocycles. The summed E-state index contributed by atoms with van der Waals surface area (Å²) in [5.41, 5.74) is 2.37. The minimum absolute atomic E-state index is 0.153. The molecule has 3 rings (SSSR count). The van der Waals surface area contributed by atoms with E-state index < -0.39 is 0 Å². The normalized spacial score (nSPS) is 14.1. The van der Waals surface area contributed by atoms with Crippen LogP contribution in [0.15, 0.2) is 42.5 Å². The predicted molar refractivity (Wildman–Crippen MR) is 107 cm³/mol. The number of ether oxygens (including phenoxy) is 1. The highest BCUT2D eigenvalue weighted by Crippen LogP contribution is 2.25. The van der Waals surface area contributed by atoms with Crippen LogP contribution in [0, 0.1) is 11.3 Å². The molecule has 0 aromatic heterocycles. The Morgan fingerprint density at radius 1 is 1.11 bits per heavy atom. The van der Waals surface area contributed by atoms with Gasteiger partial charge in [-0.25, -0.2) is 0 Å². The number of nitrogens with one attached hydrogen (secondary N) is 1. The molecule has 6 heteroatoms. The molecule has 2 aromatic carbocycles. The zero-order valence-electron chi connectivity index (χ0n) is 15.1. The van der Waals surface area contributed by atoms with Crippen LogP contribution in [0.1, 0.15) is 31.2 Å². The predicted octanol–water partition coefficient (Wildman–Crippen LogP) is 4.61. The zero-order chi connectivity index (χ0) is 19.1. The van der Waals surface area contributed by atoms with Crippen molar-refractivity contribution in [3.63, 3.8) is 0 Å². The summed E-state index contributed by atoms with van der Waals surface area (Å²) in [4.78, 5) is 14.5. The van der Waals surface area contributed by atoms with Gasteiger partial charge in [-0.2, -0.15) is 5.26 Å². The lowest BCUT2D eigenvalue weighted by Gasteiger charge is -2.22. The molecule has 0 bridgehead atoms. The van der Waals surface area contributed by atoms with E-state index in [1.54, 1.807) is 12.1 Å². The first kappa shape index (κ1) is 19.1. The summed E-state index contributed by atoms with van der Waals surface area (Å²) in [6, 6.07) is 14.6. The Kier molecular flexibility index (Phi) is 6.56. The first-order valence-electron chi connectivity index (χ1n) is 9.13. The van der Waals surface area contributed by atoms with Gasteiger partial charge in [-0.1, -0.05) is 24.4 Å². The van der Waals surface area contributed by atoms with Crippen molar-refractivity contribution in [3.8, 4) is 11.8 Å². The van der Waals surface area contributed by atoms with Gasteiger partial charge < -0.3 is 15.0 Å². The molecule has 27 heavy (non-hydrogen) atoms. The third-order valence-corrected chi connectivity index (χ3v) is 4.84. The Morgan fingerprint density at radius 2 is 1.81 bits per heavy atom. The van der Waals surface area contributed by atoms with Crippen LogP contribution in [-0.2, 0) is 4.79 Å². The smallest absolute Gasteiger partial charge is 0.262 e. The fraction of sp³-hybridized carbons (Fsp3) is 0.333. The molecule has 0 unspecified atom stereocenters.